The van der Waals surface area contributed by atoms with Crippen molar-refractivity contribution in [2.45, 2.75) is 26.8 Å². The van der Waals surface area contributed by atoms with E-state index >= 15 is 0 Å². The highest BCUT2D eigenvalue weighted by Gasteiger charge is 2.33. The van der Waals surface area contributed by atoms with E-state index in [1.807, 2.05) is 0 Å². The number of benzene rings is 3. The van der Waals surface area contributed by atoms with E-state index in [1.165, 1.54) is 25.5 Å². The van der Waals surface area contributed by atoms with Crippen LogP contribution < -0.4 is 35.0 Å². The maximum absolute atomic E-state index is 12.6. The summed E-state index contributed by atoms with van der Waals surface area (Å²) >= 11 is 3.35. The van der Waals surface area contributed by atoms with Gasteiger partial charge < -0.3 is 34.3 Å². The van der Waals surface area contributed by atoms with E-state index in [9.17, 15) is 34.6 Å². The van der Waals surface area contributed by atoms with Gasteiger partial charge in [-0.15, -0.1) is 0 Å². The van der Waals surface area contributed by atoms with Crippen molar-refractivity contribution in [3.05, 3.63) is 95.6 Å². The Hall–Kier alpha value is -6.24. The number of nitro benzene ring substituents is 2. The summed E-state index contributed by atoms with van der Waals surface area (Å²) < 4.78 is 28.0. The molecule has 0 radical (unpaired) electrons. The van der Waals surface area contributed by atoms with Gasteiger partial charge in [0, 0.05) is 11.8 Å². The summed E-state index contributed by atoms with van der Waals surface area (Å²) in [5.74, 6) is -0.813. The van der Waals surface area contributed by atoms with E-state index in [-0.39, 0.29) is 47.5 Å². The monoisotopic (exact) mass is 770 g/mol. The van der Waals surface area contributed by atoms with Crippen LogP contribution in [0.25, 0.3) is 0 Å². The molecule has 3 N–H and O–H groups in total. The largest absolute Gasteiger partial charge is 0.493 e. The second kappa shape index (κ2) is 16.9. The first-order chi connectivity index (χ1) is 24.4. The lowest BCUT2D eigenvalue weighted by molar-refractivity contribution is -0.394. The topological polar surface area (TPSA) is 232 Å². The molecule has 0 bridgehead atoms. The normalized spacial score (nSPS) is 13.9. The Balaban J connectivity index is 1.44. The van der Waals surface area contributed by atoms with E-state index < -0.39 is 51.8 Å². The fourth-order valence-electron chi connectivity index (χ4n) is 4.74. The number of non-ortho nitro benzene ring substituents is 1. The van der Waals surface area contributed by atoms with Crippen LogP contribution in [-0.2, 0) is 14.3 Å². The maximum Gasteiger partial charge on any atom is 0.338 e. The lowest BCUT2D eigenvalue weighted by Gasteiger charge is -2.28. The van der Waals surface area contributed by atoms with Gasteiger partial charge in [-0.25, -0.2) is 15.0 Å². The minimum Gasteiger partial charge on any atom is -0.493 e. The number of nitrogens with one attached hydrogen (secondary N) is 3. The highest BCUT2D eigenvalue weighted by atomic mass is 79.9. The molecule has 3 amide bonds. The van der Waals surface area contributed by atoms with Crippen LogP contribution in [0.4, 0.5) is 16.2 Å². The van der Waals surface area contributed by atoms with Gasteiger partial charge in [0.25, 0.3) is 11.6 Å². The molecule has 0 spiro atoms. The molecule has 0 fully saturated rings. The molecule has 0 unspecified atom stereocenters. The first-order valence-corrected chi connectivity index (χ1v) is 15.8. The smallest absolute Gasteiger partial charge is 0.338 e. The van der Waals surface area contributed by atoms with Crippen LogP contribution in [0.3, 0.4) is 0 Å². The third kappa shape index (κ3) is 9.26. The van der Waals surface area contributed by atoms with Gasteiger partial charge >= 0.3 is 17.7 Å². The number of hydrogen-bond donors (Lipinski definition) is 3. The molecule has 1 aliphatic rings. The Morgan fingerprint density at radius 2 is 1.73 bits per heavy atom. The van der Waals surface area contributed by atoms with Gasteiger partial charge in [0.2, 0.25) is 5.75 Å². The molecule has 1 aliphatic heterocycles. The van der Waals surface area contributed by atoms with Crippen LogP contribution in [0.1, 0.15) is 37.9 Å². The van der Waals surface area contributed by atoms with Gasteiger partial charge in [0.1, 0.15) is 0 Å². The highest BCUT2D eigenvalue weighted by molar-refractivity contribution is 9.10. The summed E-state index contributed by atoms with van der Waals surface area (Å²) in [4.78, 5) is 58.5. The fourth-order valence-corrected chi connectivity index (χ4v) is 5.28. The Morgan fingerprint density at radius 1 is 0.980 bits per heavy atom. The molecule has 3 aromatic rings. The van der Waals surface area contributed by atoms with E-state index in [0.717, 1.165) is 18.2 Å². The molecule has 19 heteroatoms. The van der Waals surface area contributed by atoms with Gasteiger partial charge in [0.15, 0.2) is 29.6 Å². The summed E-state index contributed by atoms with van der Waals surface area (Å²) in [7, 11) is 1.39. The number of amides is 3. The number of halogens is 1. The molecule has 1 atom stereocenters. The van der Waals surface area contributed by atoms with E-state index in [4.69, 9.17) is 23.7 Å². The van der Waals surface area contributed by atoms with Crippen LogP contribution in [0, 0.1) is 20.2 Å². The van der Waals surface area contributed by atoms with Crippen LogP contribution in [-0.4, -0.2) is 60.9 Å². The van der Waals surface area contributed by atoms with Crippen LogP contribution in [0.2, 0.25) is 0 Å². The van der Waals surface area contributed by atoms with Crippen LogP contribution in [0.5, 0.6) is 28.7 Å². The molecule has 18 nitrogen and oxygen atoms in total. The third-order valence-corrected chi connectivity index (χ3v) is 7.53. The second-order valence-electron chi connectivity index (χ2n) is 10.3. The number of hydrogen-bond acceptors (Lipinski definition) is 13. The summed E-state index contributed by atoms with van der Waals surface area (Å²) in [6.07, 6.45) is 1.31. The number of carbonyl (C=O) groups excluding carboxylic acids is 3. The number of rotatable bonds is 15. The number of ether oxygens (including phenoxy) is 5. The van der Waals surface area contributed by atoms with Gasteiger partial charge in [-0.05, 0) is 78.2 Å². The average molecular weight is 772 g/mol. The Bertz CT molecular complexity index is 1930. The Kier molecular flexibility index (Phi) is 12.5. The molecule has 268 valence electrons. The number of hydrazone groups is 1. The number of allylic oxidation sites excluding steroid dienone is 1. The van der Waals surface area contributed by atoms with Crippen molar-refractivity contribution in [1.82, 2.24) is 16.1 Å². The van der Waals surface area contributed by atoms with Crippen molar-refractivity contribution in [3.8, 4) is 28.7 Å². The van der Waals surface area contributed by atoms with Gasteiger partial charge in [0.05, 0.1) is 58.5 Å². The van der Waals surface area contributed by atoms with Crippen LogP contribution in [0.15, 0.2) is 69.4 Å². The quantitative estimate of drug-likeness (QED) is 0.0785. The number of methoxy groups -OCH3 is 1. The van der Waals surface area contributed by atoms with Crippen molar-refractivity contribution >= 4 is 51.4 Å². The molecular weight excluding hydrogens is 740 g/mol. The number of esters is 1. The molecule has 0 saturated heterocycles. The van der Waals surface area contributed by atoms with Gasteiger partial charge in [-0.1, -0.05) is 6.07 Å². The second-order valence-corrected chi connectivity index (χ2v) is 11.2. The van der Waals surface area contributed by atoms with Crippen molar-refractivity contribution in [3.63, 3.8) is 0 Å². The predicted octanol–water partition coefficient (Wildman–Crippen LogP) is 5.19. The molecule has 0 aliphatic carbocycles. The minimum absolute atomic E-state index is 0.0640. The molecule has 0 saturated carbocycles. The molecule has 4 rings (SSSR count). The Morgan fingerprint density at radius 3 is 2.39 bits per heavy atom. The summed E-state index contributed by atoms with van der Waals surface area (Å²) in [6, 6.07) is 9.40. The van der Waals surface area contributed by atoms with Crippen molar-refractivity contribution < 1.29 is 47.9 Å². The summed E-state index contributed by atoms with van der Waals surface area (Å²) in [5.41, 5.74) is 2.75. The van der Waals surface area contributed by atoms with Crippen LogP contribution >= 0.6 is 15.9 Å². The number of urea groups is 1. The molecule has 0 aromatic heterocycles. The summed E-state index contributed by atoms with van der Waals surface area (Å²) in [5, 5.41) is 31.9. The zero-order valence-corrected chi connectivity index (χ0v) is 29.1. The number of nitro groups is 2. The van der Waals surface area contributed by atoms with Crippen molar-refractivity contribution in [1.29, 1.82) is 0 Å². The number of carbonyl (C=O) groups is 3. The van der Waals surface area contributed by atoms with E-state index in [2.05, 4.69) is 37.1 Å². The summed E-state index contributed by atoms with van der Waals surface area (Å²) in [6.45, 7) is 4.85. The van der Waals surface area contributed by atoms with Crippen molar-refractivity contribution in [2.24, 2.45) is 5.10 Å². The zero-order valence-electron chi connectivity index (χ0n) is 27.5. The lowest BCUT2D eigenvalue weighted by atomic mass is 9.95. The predicted molar refractivity (Wildman–Crippen MR) is 183 cm³/mol. The van der Waals surface area contributed by atoms with E-state index in [0.29, 0.717) is 21.3 Å². The fraction of sp³-hybridized carbons (Fsp3) is 0.250. The Labute approximate surface area is 298 Å². The first-order valence-electron chi connectivity index (χ1n) is 15.0. The minimum atomic E-state index is -0.830. The molecule has 51 heavy (non-hydrogen) atoms. The molecular formula is C32H31BrN6O12. The van der Waals surface area contributed by atoms with E-state index in [1.54, 1.807) is 39.0 Å². The number of nitrogens with zero attached hydrogens (tertiary/aromatic N) is 3. The molecule has 3 aromatic carbocycles. The molecule has 1 heterocycles. The SMILES string of the molecule is CCOC(=O)C1=C(C)NC(=O)N[C@@H]1c1ccc(OCC(=O)N/N=C\c2cc(Br)c(Oc3ccc([N+](=O)[O-])cc3[N+](=O)[O-])c(OCC)c2)c(OC)c1. The average Bonchev–Trinajstić information content (AvgIpc) is 3.08. The van der Waals surface area contributed by atoms with Gasteiger partial charge in [-0.3, -0.25) is 25.0 Å². The zero-order chi connectivity index (χ0) is 37.2. The maximum atomic E-state index is 12.6. The van der Waals surface area contributed by atoms with Gasteiger partial charge in [-0.2, -0.15) is 5.10 Å². The first kappa shape index (κ1) is 37.6. The lowest BCUT2D eigenvalue weighted by Crippen LogP contribution is -2.45. The highest BCUT2D eigenvalue weighted by Crippen LogP contribution is 2.43. The standard InChI is InChI=1S/C32H31BrN6O12/c1-5-48-26-12-18(11-21(33)30(26)51-23-10-8-20(38(43)44)14-22(23)39(45)46)15-34-37-27(40)16-50-24-9-7-19(13-25(24)47-4)29-28(31(41)49-6-2)17(3)35-32(42)36-29/h7-15,29H,5-6,16H2,1-4H3,(H,37,40)(H2,35,36,42)/b34-15-/t29-/m1/s1. The third-order valence-electron chi connectivity index (χ3n) is 6.94. The van der Waals surface area contributed by atoms with Crippen molar-refractivity contribution in [2.75, 3.05) is 26.9 Å².